The first kappa shape index (κ1) is 11.4. The molecule has 1 aromatic carbocycles. The second kappa shape index (κ2) is 4.05. The molecule has 5 nitrogen and oxygen atoms in total. The van der Waals surface area contributed by atoms with Crippen molar-refractivity contribution in [3.63, 3.8) is 0 Å². The van der Waals surface area contributed by atoms with Gasteiger partial charge in [-0.05, 0) is 24.6 Å². The molecule has 19 heavy (non-hydrogen) atoms. The molecule has 2 N–H and O–H groups in total. The zero-order valence-corrected chi connectivity index (χ0v) is 11.8. The molecular weight excluding hydrogens is 308 g/mol. The largest absolute Gasteiger partial charge is 0.374 e. The summed E-state index contributed by atoms with van der Waals surface area (Å²) in [5, 5.41) is 1.05. The van der Waals surface area contributed by atoms with Gasteiger partial charge in [0.05, 0.1) is 24.3 Å². The van der Waals surface area contributed by atoms with Crippen molar-refractivity contribution in [3.05, 3.63) is 22.7 Å². The standard InChI is InChI=1S/C13H13BrN4O/c14-7-1-2-10-11(3-7)16-13(15)17-12(10)18-5-9-4-8(18)6-19-9/h1-3,8-9H,4-6H2,(H2,15,16,17). The van der Waals surface area contributed by atoms with Crippen LogP contribution in [0.4, 0.5) is 11.8 Å². The maximum absolute atomic E-state index is 5.85. The zero-order chi connectivity index (χ0) is 13.0. The second-order valence-corrected chi connectivity index (χ2v) is 5.98. The summed E-state index contributed by atoms with van der Waals surface area (Å²) in [6, 6.07) is 6.45. The molecule has 2 aromatic rings. The number of ether oxygens (including phenoxy) is 1. The topological polar surface area (TPSA) is 64.3 Å². The Morgan fingerprint density at radius 3 is 3.00 bits per heavy atom. The molecule has 0 amide bonds. The molecule has 0 radical (unpaired) electrons. The number of hydrogen-bond acceptors (Lipinski definition) is 5. The lowest BCUT2D eigenvalue weighted by atomic mass is 10.2. The number of nitrogens with zero attached hydrogens (tertiary/aromatic N) is 3. The number of anilines is 2. The third kappa shape index (κ3) is 1.78. The van der Waals surface area contributed by atoms with E-state index in [-0.39, 0.29) is 0 Å². The van der Waals surface area contributed by atoms with Gasteiger partial charge in [0.15, 0.2) is 0 Å². The lowest BCUT2D eigenvalue weighted by molar-refractivity contribution is 0.0990. The van der Waals surface area contributed by atoms with Gasteiger partial charge in [0, 0.05) is 16.4 Å². The van der Waals surface area contributed by atoms with E-state index in [0.717, 1.165) is 40.8 Å². The smallest absolute Gasteiger partial charge is 0.222 e. The third-order valence-corrected chi connectivity index (χ3v) is 4.32. The minimum absolute atomic E-state index is 0.323. The highest BCUT2D eigenvalue weighted by Gasteiger charge is 2.40. The van der Waals surface area contributed by atoms with Crippen LogP contribution in [0.15, 0.2) is 22.7 Å². The first-order valence-electron chi connectivity index (χ1n) is 6.32. The van der Waals surface area contributed by atoms with Crippen molar-refractivity contribution in [3.8, 4) is 0 Å². The SMILES string of the molecule is Nc1nc(N2CC3CC2CO3)c2ccc(Br)cc2n1. The van der Waals surface area contributed by atoms with Gasteiger partial charge in [0.1, 0.15) is 5.82 Å². The average molecular weight is 321 g/mol. The number of nitrogen functional groups attached to an aromatic ring is 1. The van der Waals surface area contributed by atoms with Crippen molar-refractivity contribution in [1.29, 1.82) is 0 Å². The van der Waals surface area contributed by atoms with E-state index in [4.69, 9.17) is 10.5 Å². The molecule has 0 saturated carbocycles. The molecule has 3 heterocycles. The molecule has 2 saturated heterocycles. The Morgan fingerprint density at radius 2 is 2.26 bits per heavy atom. The molecule has 2 aliphatic heterocycles. The number of hydrogen-bond donors (Lipinski definition) is 1. The predicted molar refractivity (Wildman–Crippen MR) is 77.1 cm³/mol. The molecule has 2 atom stereocenters. The molecule has 2 bridgehead atoms. The van der Waals surface area contributed by atoms with Crippen LogP contribution in [0.3, 0.4) is 0 Å². The Labute approximate surface area is 118 Å². The van der Waals surface area contributed by atoms with Gasteiger partial charge in [-0.1, -0.05) is 15.9 Å². The Morgan fingerprint density at radius 1 is 1.37 bits per heavy atom. The number of morpholine rings is 1. The molecule has 4 rings (SSSR count). The Bertz CT molecular complexity index is 657. The van der Waals surface area contributed by atoms with Crippen LogP contribution < -0.4 is 10.6 Å². The summed E-state index contributed by atoms with van der Waals surface area (Å²) in [5.41, 5.74) is 6.72. The molecule has 0 aliphatic carbocycles. The van der Waals surface area contributed by atoms with Gasteiger partial charge >= 0.3 is 0 Å². The number of benzene rings is 1. The highest BCUT2D eigenvalue weighted by molar-refractivity contribution is 9.10. The molecule has 2 fully saturated rings. The summed E-state index contributed by atoms with van der Waals surface area (Å²) in [5.74, 6) is 1.26. The third-order valence-electron chi connectivity index (χ3n) is 3.83. The molecule has 2 aliphatic rings. The van der Waals surface area contributed by atoms with Crippen LogP contribution >= 0.6 is 15.9 Å². The van der Waals surface area contributed by atoms with E-state index in [1.165, 1.54) is 0 Å². The predicted octanol–water partition coefficient (Wildman–Crippen LogP) is 1.95. The summed E-state index contributed by atoms with van der Waals surface area (Å²) in [6.07, 6.45) is 1.42. The van der Waals surface area contributed by atoms with Crippen molar-refractivity contribution in [2.45, 2.75) is 18.6 Å². The van der Waals surface area contributed by atoms with E-state index in [0.29, 0.717) is 18.1 Å². The Kier molecular flexibility index (Phi) is 2.43. The lowest BCUT2D eigenvalue weighted by Crippen LogP contribution is -2.37. The van der Waals surface area contributed by atoms with E-state index in [9.17, 15) is 0 Å². The summed E-state index contributed by atoms with van der Waals surface area (Å²) >= 11 is 3.46. The van der Waals surface area contributed by atoms with Crippen LogP contribution in [-0.2, 0) is 4.74 Å². The Balaban J connectivity index is 1.89. The van der Waals surface area contributed by atoms with Gasteiger partial charge in [-0.3, -0.25) is 0 Å². The number of halogens is 1. The normalized spacial score (nSPS) is 25.4. The summed E-state index contributed by atoms with van der Waals surface area (Å²) in [4.78, 5) is 11.1. The number of fused-ring (bicyclic) bond motifs is 3. The number of nitrogens with two attached hydrogens (primary N) is 1. The summed E-state index contributed by atoms with van der Waals surface area (Å²) in [6.45, 7) is 1.68. The minimum Gasteiger partial charge on any atom is -0.374 e. The molecular formula is C13H13BrN4O. The van der Waals surface area contributed by atoms with Crippen molar-refractivity contribution < 1.29 is 4.74 Å². The fourth-order valence-corrected chi connectivity index (χ4v) is 3.33. The van der Waals surface area contributed by atoms with Crippen LogP contribution in [0, 0.1) is 0 Å². The van der Waals surface area contributed by atoms with E-state index in [1.807, 2.05) is 18.2 Å². The van der Waals surface area contributed by atoms with E-state index in [2.05, 4.69) is 30.8 Å². The average Bonchev–Trinajstić information content (AvgIpc) is 2.99. The van der Waals surface area contributed by atoms with E-state index >= 15 is 0 Å². The molecule has 98 valence electrons. The fraction of sp³-hybridized carbons (Fsp3) is 0.385. The molecule has 0 spiro atoms. The van der Waals surface area contributed by atoms with Crippen LogP contribution in [0.25, 0.3) is 10.9 Å². The second-order valence-electron chi connectivity index (χ2n) is 5.06. The molecule has 2 unspecified atom stereocenters. The number of aromatic nitrogens is 2. The first-order valence-corrected chi connectivity index (χ1v) is 7.11. The first-order chi connectivity index (χ1) is 9.20. The minimum atomic E-state index is 0.323. The highest BCUT2D eigenvalue weighted by Crippen LogP contribution is 2.35. The van der Waals surface area contributed by atoms with Crippen molar-refractivity contribution in [1.82, 2.24) is 9.97 Å². The Hall–Kier alpha value is -1.40. The fourth-order valence-electron chi connectivity index (χ4n) is 2.98. The van der Waals surface area contributed by atoms with Crippen LogP contribution in [0.5, 0.6) is 0 Å². The quantitative estimate of drug-likeness (QED) is 0.870. The summed E-state index contributed by atoms with van der Waals surface area (Å²) < 4.78 is 6.64. The maximum atomic E-state index is 5.85. The van der Waals surface area contributed by atoms with Gasteiger partial charge in [-0.25, -0.2) is 4.98 Å². The molecule has 6 heteroatoms. The van der Waals surface area contributed by atoms with Crippen LogP contribution in [-0.4, -0.2) is 35.3 Å². The van der Waals surface area contributed by atoms with E-state index < -0.39 is 0 Å². The van der Waals surface area contributed by atoms with E-state index in [1.54, 1.807) is 0 Å². The van der Waals surface area contributed by atoms with Crippen molar-refractivity contribution in [2.24, 2.45) is 0 Å². The van der Waals surface area contributed by atoms with Crippen LogP contribution in [0.1, 0.15) is 6.42 Å². The van der Waals surface area contributed by atoms with Gasteiger partial charge in [0.2, 0.25) is 5.95 Å². The van der Waals surface area contributed by atoms with Crippen molar-refractivity contribution >= 4 is 38.6 Å². The monoisotopic (exact) mass is 320 g/mol. The lowest BCUT2D eigenvalue weighted by Gasteiger charge is -2.28. The number of rotatable bonds is 1. The van der Waals surface area contributed by atoms with Gasteiger partial charge in [-0.15, -0.1) is 0 Å². The summed E-state index contributed by atoms with van der Waals surface area (Å²) in [7, 11) is 0. The van der Waals surface area contributed by atoms with Gasteiger partial charge < -0.3 is 15.4 Å². The maximum Gasteiger partial charge on any atom is 0.222 e. The molecule has 1 aromatic heterocycles. The zero-order valence-electron chi connectivity index (χ0n) is 10.2. The highest BCUT2D eigenvalue weighted by atomic mass is 79.9. The van der Waals surface area contributed by atoms with Gasteiger partial charge in [-0.2, -0.15) is 4.98 Å². The van der Waals surface area contributed by atoms with Gasteiger partial charge in [0.25, 0.3) is 0 Å². The van der Waals surface area contributed by atoms with Crippen LogP contribution in [0.2, 0.25) is 0 Å². The van der Waals surface area contributed by atoms with Crippen molar-refractivity contribution in [2.75, 3.05) is 23.8 Å².